The van der Waals surface area contributed by atoms with Gasteiger partial charge in [-0.3, -0.25) is 0 Å². The molecule has 2 heterocycles. The lowest BCUT2D eigenvalue weighted by molar-refractivity contribution is -0.0509. The number of rotatable bonds is 5. The van der Waals surface area contributed by atoms with Crippen LogP contribution in [0.15, 0.2) is 21.6 Å². The van der Waals surface area contributed by atoms with E-state index in [2.05, 4.69) is 10.1 Å². The van der Waals surface area contributed by atoms with Crippen molar-refractivity contribution in [1.82, 2.24) is 15.0 Å². The topological polar surface area (TPSA) is 101 Å². The molecular formula is C21H27F2N3O5S. The van der Waals surface area contributed by atoms with Gasteiger partial charge >= 0.3 is 6.09 Å². The molecule has 1 aliphatic heterocycles. The Bertz CT molecular complexity index is 932. The van der Waals surface area contributed by atoms with Crippen molar-refractivity contribution in [3.8, 4) is 11.4 Å². The highest BCUT2D eigenvalue weighted by molar-refractivity contribution is 7.90. The summed E-state index contributed by atoms with van der Waals surface area (Å²) in [5.74, 6) is -1.71. The third-order valence-corrected chi connectivity index (χ3v) is 5.79. The number of hydrogen-bond acceptors (Lipinski definition) is 7. The molecule has 0 radical (unpaired) electrons. The third-order valence-electron chi connectivity index (χ3n) is 4.82. The van der Waals surface area contributed by atoms with Gasteiger partial charge in [-0.2, -0.15) is 4.98 Å². The van der Waals surface area contributed by atoms with Gasteiger partial charge in [0.1, 0.15) is 18.0 Å². The molecule has 0 bridgehead atoms. The number of aromatic nitrogens is 2. The van der Waals surface area contributed by atoms with Crippen molar-refractivity contribution in [2.24, 2.45) is 0 Å². The highest BCUT2D eigenvalue weighted by Crippen LogP contribution is 2.28. The first kappa shape index (κ1) is 24.4. The van der Waals surface area contributed by atoms with Gasteiger partial charge in [0.15, 0.2) is 11.6 Å². The van der Waals surface area contributed by atoms with Crippen LogP contribution < -0.4 is 0 Å². The van der Waals surface area contributed by atoms with Crippen LogP contribution in [0.25, 0.3) is 11.4 Å². The van der Waals surface area contributed by atoms with E-state index in [-0.39, 0.29) is 29.5 Å². The fourth-order valence-corrected chi connectivity index (χ4v) is 4.00. The second-order valence-corrected chi connectivity index (χ2v) is 9.94. The van der Waals surface area contributed by atoms with Gasteiger partial charge in [0.05, 0.1) is 6.10 Å². The Balaban J connectivity index is 1.59. The van der Waals surface area contributed by atoms with E-state index in [1.54, 1.807) is 11.8 Å². The number of ether oxygens (including phenoxy) is 2. The zero-order valence-electron chi connectivity index (χ0n) is 18.7. The van der Waals surface area contributed by atoms with Crippen LogP contribution in [0.3, 0.4) is 0 Å². The fraction of sp³-hybridized carbons (Fsp3) is 0.571. The van der Waals surface area contributed by atoms with Crippen molar-refractivity contribution in [3.05, 3.63) is 29.7 Å². The second-order valence-electron chi connectivity index (χ2n) is 8.62. The molecule has 2 aromatic rings. The summed E-state index contributed by atoms with van der Waals surface area (Å²) in [6.45, 7) is 8.22. The van der Waals surface area contributed by atoms with E-state index in [1.807, 2.05) is 20.8 Å². The maximum absolute atomic E-state index is 14.1. The van der Waals surface area contributed by atoms with Crippen LogP contribution in [0.2, 0.25) is 0 Å². The molecular weight excluding hydrogens is 444 g/mol. The minimum atomic E-state index is -1.80. The number of amides is 1. The monoisotopic (exact) mass is 471 g/mol. The van der Waals surface area contributed by atoms with Crippen molar-refractivity contribution in [2.45, 2.75) is 63.2 Å². The first-order valence-corrected chi connectivity index (χ1v) is 11.8. The Morgan fingerprint density at radius 3 is 2.41 bits per heavy atom. The lowest BCUT2D eigenvalue weighted by atomic mass is 10.1. The standard InChI is InChI=1S/C21H27F2N3O5S/c1-12(29-14-6-8-26(9-7-14)20(27)30-21(2,3)4)19-24-18(25-31-19)13-10-15(22)17(32(5)28)16(23)11-13/h10-12,14H,6-9H2,1-5H3. The predicted octanol–water partition coefficient (Wildman–Crippen LogP) is 4.23. The summed E-state index contributed by atoms with van der Waals surface area (Å²) in [6, 6.07) is 2.04. The molecule has 1 aromatic heterocycles. The summed E-state index contributed by atoms with van der Waals surface area (Å²) >= 11 is -1.80. The molecule has 2 unspecified atom stereocenters. The molecule has 3 rings (SSSR count). The first-order valence-electron chi connectivity index (χ1n) is 10.2. The van der Waals surface area contributed by atoms with Crippen molar-refractivity contribution >= 4 is 17.3 Å². The van der Waals surface area contributed by atoms with Gasteiger partial charge in [0, 0.05) is 18.7 Å². The summed E-state index contributed by atoms with van der Waals surface area (Å²) in [5.41, 5.74) is -0.476. The van der Waals surface area contributed by atoms with E-state index in [4.69, 9.17) is 14.0 Å². The molecule has 32 heavy (non-hydrogen) atoms. The third kappa shape index (κ3) is 5.96. The molecule has 11 heteroatoms. The first-order chi connectivity index (χ1) is 14.9. The van der Waals surface area contributed by atoms with Crippen LogP contribution in [0.5, 0.6) is 0 Å². The lowest BCUT2D eigenvalue weighted by Gasteiger charge is -2.34. The molecule has 176 valence electrons. The molecule has 0 saturated carbocycles. The Kier molecular flexibility index (Phi) is 7.41. The predicted molar refractivity (Wildman–Crippen MR) is 112 cm³/mol. The van der Waals surface area contributed by atoms with Crippen molar-refractivity contribution < 1.29 is 32.1 Å². The highest BCUT2D eigenvalue weighted by Gasteiger charge is 2.29. The number of hydrogen-bond donors (Lipinski definition) is 0. The fourth-order valence-electron chi connectivity index (χ4n) is 3.33. The zero-order valence-corrected chi connectivity index (χ0v) is 19.5. The number of nitrogens with zero attached hydrogens (tertiary/aromatic N) is 3. The lowest BCUT2D eigenvalue weighted by Crippen LogP contribution is -2.43. The largest absolute Gasteiger partial charge is 0.611 e. The van der Waals surface area contributed by atoms with Gasteiger partial charge in [0.25, 0.3) is 5.89 Å². The van der Waals surface area contributed by atoms with Crippen molar-refractivity contribution in [3.63, 3.8) is 0 Å². The zero-order chi connectivity index (χ0) is 23.6. The summed E-state index contributed by atoms with van der Waals surface area (Å²) in [4.78, 5) is 17.5. The Labute approximate surface area is 188 Å². The maximum Gasteiger partial charge on any atom is 0.410 e. The molecule has 0 aliphatic carbocycles. The molecule has 1 saturated heterocycles. The van der Waals surface area contributed by atoms with Gasteiger partial charge in [-0.1, -0.05) is 5.16 Å². The second kappa shape index (κ2) is 9.72. The van der Waals surface area contributed by atoms with Gasteiger partial charge in [-0.15, -0.1) is 0 Å². The van der Waals surface area contributed by atoms with E-state index in [1.165, 1.54) is 6.26 Å². The van der Waals surface area contributed by atoms with E-state index in [0.717, 1.165) is 12.1 Å². The smallest absolute Gasteiger partial charge is 0.410 e. The van der Waals surface area contributed by atoms with Crippen molar-refractivity contribution in [2.75, 3.05) is 19.3 Å². The summed E-state index contributed by atoms with van der Waals surface area (Å²) < 4.78 is 56.3. The molecule has 0 N–H and O–H groups in total. The number of carbonyl (C=O) groups is 1. The van der Waals surface area contributed by atoms with Crippen LogP contribution in [0.4, 0.5) is 13.6 Å². The van der Waals surface area contributed by atoms with Gasteiger partial charge < -0.3 is 23.4 Å². The highest BCUT2D eigenvalue weighted by atomic mass is 32.2. The molecule has 0 spiro atoms. The quantitative estimate of drug-likeness (QED) is 0.602. The average Bonchev–Trinajstić information content (AvgIpc) is 3.16. The molecule has 1 amide bonds. The Morgan fingerprint density at radius 2 is 1.88 bits per heavy atom. The molecule has 2 atom stereocenters. The molecule has 1 fully saturated rings. The van der Waals surface area contributed by atoms with E-state index in [0.29, 0.717) is 25.9 Å². The molecule has 1 aromatic carbocycles. The number of carbonyl (C=O) groups excluding carboxylic acids is 1. The van der Waals surface area contributed by atoms with E-state index >= 15 is 0 Å². The van der Waals surface area contributed by atoms with Crippen LogP contribution in [-0.4, -0.2) is 56.7 Å². The summed E-state index contributed by atoms with van der Waals surface area (Å²) in [7, 11) is 0. The minimum absolute atomic E-state index is 0.00132. The van der Waals surface area contributed by atoms with E-state index < -0.39 is 39.4 Å². The maximum atomic E-state index is 14.1. The van der Waals surface area contributed by atoms with Crippen LogP contribution in [0.1, 0.15) is 52.5 Å². The normalized spacial score (nSPS) is 17.3. The number of piperidine rings is 1. The van der Waals surface area contributed by atoms with E-state index in [9.17, 15) is 18.1 Å². The summed E-state index contributed by atoms with van der Waals surface area (Å²) in [6.07, 6.45) is 1.43. The Morgan fingerprint density at radius 1 is 1.28 bits per heavy atom. The van der Waals surface area contributed by atoms with Gasteiger partial charge in [-0.05, 0) is 63.8 Å². The number of likely N-dealkylation sites (tertiary alicyclic amines) is 1. The number of benzene rings is 1. The van der Waals surface area contributed by atoms with Gasteiger partial charge in [0.2, 0.25) is 10.7 Å². The molecule has 8 nitrogen and oxygen atoms in total. The van der Waals surface area contributed by atoms with Crippen molar-refractivity contribution in [1.29, 1.82) is 0 Å². The van der Waals surface area contributed by atoms with Crippen LogP contribution >= 0.6 is 0 Å². The Hall–Kier alpha value is -2.24. The minimum Gasteiger partial charge on any atom is -0.611 e. The van der Waals surface area contributed by atoms with Gasteiger partial charge in [-0.25, -0.2) is 13.6 Å². The van der Waals surface area contributed by atoms with Crippen LogP contribution in [-0.2, 0) is 20.6 Å². The summed E-state index contributed by atoms with van der Waals surface area (Å²) in [5, 5.41) is 3.78. The average molecular weight is 472 g/mol. The molecule has 1 aliphatic rings. The van der Waals surface area contributed by atoms with Crippen LogP contribution in [0, 0.1) is 11.6 Å². The SMILES string of the molecule is CC(OC1CCN(C(=O)OC(C)(C)C)CC1)c1nc(-c2cc(F)c([S+](C)[O-])c(F)c2)no1. The number of halogens is 2.